The van der Waals surface area contributed by atoms with E-state index in [1.807, 2.05) is 18.7 Å². The van der Waals surface area contributed by atoms with Crippen LogP contribution in [0.3, 0.4) is 0 Å². The predicted octanol–water partition coefficient (Wildman–Crippen LogP) is 4.70. The number of amides is 1. The van der Waals surface area contributed by atoms with Crippen LogP contribution in [0.1, 0.15) is 36.6 Å². The summed E-state index contributed by atoms with van der Waals surface area (Å²) in [6, 6.07) is 6.03. The largest absolute Gasteiger partial charge is 0.339 e. The number of thiophene rings is 1. The molecular formula is C22H24FN3O2S2. The molecule has 1 aliphatic heterocycles. The summed E-state index contributed by atoms with van der Waals surface area (Å²) in [4.78, 5) is 34.6. The second-order valence-electron chi connectivity index (χ2n) is 7.70. The maximum atomic E-state index is 13.5. The molecule has 0 unspecified atom stereocenters. The second kappa shape index (κ2) is 8.51. The van der Waals surface area contributed by atoms with E-state index in [1.165, 1.54) is 39.8 Å². The van der Waals surface area contributed by atoms with E-state index in [-0.39, 0.29) is 29.1 Å². The Labute approximate surface area is 182 Å². The van der Waals surface area contributed by atoms with Crippen LogP contribution >= 0.6 is 23.1 Å². The molecule has 0 spiro atoms. The third kappa shape index (κ3) is 3.90. The number of likely N-dealkylation sites (tertiary alicyclic amines) is 1. The summed E-state index contributed by atoms with van der Waals surface area (Å²) in [7, 11) is 0. The summed E-state index contributed by atoms with van der Waals surface area (Å²) >= 11 is 2.75. The Morgan fingerprint density at radius 2 is 2.00 bits per heavy atom. The van der Waals surface area contributed by atoms with Crippen molar-refractivity contribution in [3.05, 3.63) is 50.9 Å². The van der Waals surface area contributed by atoms with Crippen molar-refractivity contribution in [2.45, 2.75) is 51.2 Å². The van der Waals surface area contributed by atoms with Crippen LogP contribution in [-0.4, -0.2) is 38.7 Å². The van der Waals surface area contributed by atoms with Gasteiger partial charge in [0.1, 0.15) is 10.6 Å². The molecule has 2 aromatic heterocycles. The quantitative estimate of drug-likeness (QED) is 0.432. The molecule has 1 aromatic carbocycles. The molecule has 1 aliphatic rings. The number of rotatable bonds is 4. The van der Waals surface area contributed by atoms with E-state index in [9.17, 15) is 14.0 Å². The maximum absolute atomic E-state index is 13.5. The number of nitrogens with zero attached hydrogens (tertiary/aromatic N) is 3. The lowest BCUT2D eigenvalue weighted by molar-refractivity contribution is -0.131. The van der Waals surface area contributed by atoms with Gasteiger partial charge in [0.2, 0.25) is 5.91 Å². The van der Waals surface area contributed by atoms with E-state index < -0.39 is 0 Å². The van der Waals surface area contributed by atoms with Crippen LogP contribution in [-0.2, 0) is 4.79 Å². The summed E-state index contributed by atoms with van der Waals surface area (Å²) in [5, 5.41) is 1.04. The summed E-state index contributed by atoms with van der Waals surface area (Å²) in [6.07, 6.45) is 3.20. The Hall–Kier alpha value is -2.19. The molecule has 158 valence electrons. The fourth-order valence-electron chi connectivity index (χ4n) is 3.87. The number of piperidine rings is 1. The molecule has 1 fully saturated rings. The minimum absolute atomic E-state index is 0.0609. The lowest BCUT2D eigenvalue weighted by Gasteiger charge is -2.33. The Morgan fingerprint density at radius 3 is 2.70 bits per heavy atom. The van der Waals surface area contributed by atoms with Gasteiger partial charge in [-0.25, -0.2) is 9.37 Å². The SMILES string of the molecule is Cc1sc2nc(SCC(=O)N3CCCC[C@@H]3C)n(-c3ccc(F)cc3)c(=O)c2c1C. The molecule has 3 aromatic rings. The van der Waals surface area contributed by atoms with Crippen molar-refractivity contribution < 1.29 is 9.18 Å². The summed E-state index contributed by atoms with van der Waals surface area (Å²) in [5.41, 5.74) is 1.27. The summed E-state index contributed by atoms with van der Waals surface area (Å²) < 4.78 is 15.0. The van der Waals surface area contributed by atoms with Gasteiger partial charge in [0, 0.05) is 17.5 Å². The fourth-order valence-corrected chi connectivity index (χ4v) is 5.84. The number of halogens is 1. The van der Waals surface area contributed by atoms with E-state index in [2.05, 4.69) is 6.92 Å². The van der Waals surface area contributed by atoms with Crippen molar-refractivity contribution in [3.8, 4) is 5.69 Å². The molecule has 1 saturated heterocycles. The Balaban J connectivity index is 1.74. The standard InChI is InChI=1S/C22H24FN3O2S2/c1-13-6-4-5-11-25(13)18(27)12-29-22-24-20-19(14(2)15(3)30-20)21(28)26(22)17-9-7-16(23)8-10-17/h7-10,13H,4-6,11-12H2,1-3H3/t13-/m0/s1. The van der Waals surface area contributed by atoms with Crippen molar-refractivity contribution >= 4 is 39.2 Å². The average Bonchev–Trinajstić information content (AvgIpc) is 3.01. The first kappa shape index (κ1) is 21.1. The molecule has 0 N–H and O–H groups in total. The number of carbonyl (C=O) groups is 1. The molecule has 30 heavy (non-hydrogen) atoms. The number of carbonyl (C=O) groups excluding carboxylic acids is 1. The summed E-state index contributed by atoms with van der Waals surface area (Å²) in [5.74, 6) is -0.0927. The van der Waals surface area contributed by atoms with Crippen molar-refractivity contribution in [1.82, 2.24) is 14.5 Å². The third-order valence-electron chi connectivity index (χ3n) is 5.71. The van der Waals surface area contributed by atoms with E-state index in [0.29, 0.717) is 21.1 Å². The van der Waals surface area contributed by atoms with Gasteiger partial charge in [-0.3, -0.25) is 14.2 Å². The number of thioether (sulfide) groups is 1. The lowest BCUT2D eigenvalue weighted by atomic mass is 10.0. The fraction of sp³-hybridized carbons (Fsp3) is 0.409. The van der Waals surface area contributed by atoms with Gasteiger partial charge < -0.3 is 4.90 Å². The monoisotopic (exact) mass is 445 g/mol. The molecule has 1 amide bonds. The van der Waals surface area contributed by atoms with Gasteiger partial charge in [0.15, 0.2) is 5.16 Å². The minimum Gasteiger partial charge on any atom is -0.339 e. The Morgan fingerprint density at radius 1 is 1.27 bits per heavy atom. The highest BCUT2D eigenvalue weighted by molar-refractivity contribution is 7.99. The maximum Gasteiger partial charge on any atom is 0.267 e. The first-order chi connectivity index (χ1) is 14.4. The Kier molecular flexibility index (Phi) is 5.97. The smallest absolute Gasteiger partial charge is 0.267 e. The number of hydrogen-bond donors (Lipinski definition) is 0. The molecule has 5 nitrogen and oxygen atoms in total. The Bertz CT molecular complexity index is 1150. The molecule has 0 radical (unpaired) electrons. The normalized spacial score (nSPS) is 16.9. The predicted molar refractivity (Wildman–Crippen MR) is 120 cm³/mol. The van der Waals surface area contributed by atoms with E-state index in [1.54, 1.807) is 12.1 Å². The van der Waals surface area contributed by atoms with Crippen molar-refractivity contribution in [2.75, 3.05) is 12.3 Å². The van der Waals surface area contributed by atoms with Gasteiger partial charge in [-0.15, -0.1) is 11.3 Å². The molecular weight excluding hydrogens is 421 g/mol. The first-order valence-electron chi connectivity index (χ1n) is 10.1. The van der Waals surface area contributed by atoms with Gasteiger partial charge in [0.25, 0.3) is 5.56 Å². The summed E-state index contributed by atoms with van der Waals surface area (Å²) in [6.45, 7) is 6.75. The highest BCUT2D eigenvalue weighted by Crippen LogP contribution is 2.30. The van der Waals surface area contributed by atoms with Crippen LogP contribution in [0, 0.1) is 19.7 Å². The number of hydrogen-bond acceptors (Lipinski definition) is 5. The minimum atomic E-state index is -0.369. The van der Waals surface area contributed by atoms with Crippen LogP contribution in [0.15, 0.2) is 34.2 Å². The zero-order valence-corrected chi connectivity index (χ0v) is 18.9. The van der Waals surface area contributed by atoms with Crippen molar-refractivity contribution in [2.24, 2.45) is 0 Å². The van der Waals surface area contributed by atoms with Crippen LogP contribution in [0.25, 0.3) is 15.9 Å². The lowest BCUT2D eigenvalue weighted by Crippen LogP contribution is -2.43. The average molecular weight is 446 g/mol. The highest BCUT2D eigenvalue weighted by Gasteiger charge is 2.24. The third-order valence-corrected chi connectivity index (χ3v) is 7.73. The number of benzene rings is 1. The zero-order chi connectivity index (χ0) is 21.4. The topological polar surface area (TPSA) is 55.2 Å². The first-order valence-corrected chi connectivity index (χ1v) is 11.9. The van der Waals surface area contributed by atoms with Gasteiger partial charge >= 0.3 is 0 Å². The van der Waals surface area contributed by atoms with Crippen LogP contribution < -0.4 is 5.56 Å². The highest BCUT2D eigenvalue weighted by atomic mass is 32.2. The molecule has 8 heteroatoms. The van der Waals surface area contributed by atoms with Crippen LogP contribution in [0.2, 0.25) is 0 Å². The van der Waals surface area contributed by atoms with Gasteiger partial charge in [-0.1, -0.05) is 11.8 Å². The van der Waals surface area contributed by atoms with Crippen molar-refractivity contribution in [3.63, 3.8) is 0 Å². The molecule has 1 atom stereocenters. The van der Waals surface area contributed by atoms with Gasteiger partial charge in [-0.2, -0.15) is 0 Å². The molecule has 0 saturated carbocycles. The molecule has 0 aliphatic carbocycles. The van der Waals surface area contributed by atoms with Crippen LogP contribution in [0.5, 0.6) is 0 Å². The van der Waals surface area contributed by atoms with Gasteiger partial charge in [-0.05, 0) is 69.9 Å². The number of fused-ring (bicyclic) bond motifs is 1. The van der Waals surface area contributed by atoms with E-state index >= 15 is 0 Å². The zero-order valence-electron chi connectivity index (χ0n) is 17.3. The number of aryl methyl sites for hydroxylation is 2. The van der Waals surface area contributed by atoms with E-state index in [0.717, 1.165) is 36.2 Å². The second-order valence-corrected chi connectivity index (χ2v) is 9.84. The van der Waals surface area contributed by atoms with Crippen molar-refractivity contribution in [1.29, 1.82) is 0 Å². The molecule has 0 bridgehead atoms. The number of aromatic nitrogens is 2. The van der Waals surface area contributed by atoms with Crippen LogP contribution in [0.4, 0.5) is 4.39 Å². The molecule has 3 heterocycles. The molecule has 4 rings (SSSR count). The van der Waals surface area contributed by atoms with E-state index in [4.69, 9.17) is 4.98 Å². The van der Waals surface area contributed by atoms with Gasteiger partial charge in [0.05, 0.1) is 16.8 Å².